The van der Waals surface area contributed by atoms with E-state index in [-0.39, 0.29) is 6.03 Å². The molecule has 1 aromatic carbocycles. The molecule has 100 valence electrons. The van der Waals surface area contributed by atoms with E-state index in [0.717, 1.165) is 23.7 Å². The van der Waals surface area contributed by atoms with Gasteiger partial charge in [-0.05, 0) is 17.2 Å². The molecule has 1 N–H and O–H groups in total. The van der Waals surface area contributed by atoms with Gasteiger partial charge in [0.05, 0.1) is 0 Å². The van der Waals surface area contributed by atoms with Crippen molar-refractivity contribution in [2.24, 2.45) is 0 Å². The summed E-state index contributed by atoms with van der Waals surface area (Å²) in [5.41, 5.74) is 1.77. The van der Waals surface area contributed by atoms with Crippen LogP contribution in [0.2, 0.25) is 0 Å². The smallest absolute Gasteiger partial charge is 0.328 e. The SMILES string of the molecule is CN1CCN(Cc2ccccc2C=CC(=O)O)C1=O. The van der Waals surface area contributed by atoms with Crippen LogP contribution in [0.25, 0.3) is 6.08 Å². The molecule has 5 heteroatoms. The normalized spacial score (nSPS) is 15.5. The van der Waals surface area contributed by atoms with E-state index in [9.17, 15) is 9.59 Å². The van der Waals surface area contributed by atoms with Gasteiger partial charge in [-0.15, -0.1) is 0 Å². The number of hydrogen-bond donors (Lipinski definition) is 1. The number of carbonyl (C=O) groups is 2. The molecule has 0 radical (unpaired) electrons. The molecule has 0 aliphatic carbocycles. The number of carboxylic acid groups (broad SMARTS) is 1. The van der Waals surface area contributed by atoms with Crippen LogP contribution in [0.5, 0.6) is 0 Å². The van der Waals surface area contributed by atoms with E-state index >= 15 is 0 Å². The summed E-state index contributed by atoms with van der Waals surface area (Å²) in [4.78, 5) is 25.8. The Kier molecular flexibility index (Phi) is 3.85. The number of urea groups is 1. The summed E-state index contributed by atoms with van der Waals surface area (Å²) in [5, 5.41) is 8.67. The maximum absolute atomic E-state index is 11.8. The van der Waals surface area contributed by atoms with E-state index in [0.29, 0.717) is 13.1 Å². The van der Waals surface area contributed by atoms with E-state index < -0.39 is 5.97 Å². The number of likely N-dealkylation sites (N-methyl/N-ethyl adjacent to an activating group) is 1. The van der Waals surface area contributed by atoms with Gasteiger partial charge in [-0.25, -0.2) is 9.59 Å². The van der Waals surface area contributed by atoms with Crippen molar-refractivity contribution in [1.29, 1.82) is 0 Å². The standard InChI is InChI=1S/C14H16N2O3/c1-15-8-9-16(14(15)19)10-12-5-3-2-4-11(12)6-7-13(17)18/h2-7H,8-10H2,1H3,(H,17,18). The third-order valence-electron chi connectivity index (χ3n) is 3.12. The fourth-order valence-corrected chi connectivity index (χ4v) is 2.06. The highest BCUT2D eigenvalue weighted by Crippen LogP contribution is 2.16. The Morgan fingerprint density at radius 1 is 1.37 bits per heavy atom. The minimum absolute atomic E-state index is 0.0111. The number of carboxylic acids is 1. The molecule has 0 unspecified atom stereocenters. The molecular weight excluding hydrogens is 244 g/mol. The van der Waals surface area contributed by atoms with E-state index in [1.54, 1.807) is 22.9 Å². The monoisotopic (exact) mass is 260 g/mol. The number of aliphatic carboxylic acids is 1. The summed E-state index contributed by atoms with van der Waals surface area (Å²) in [5.74, 6) is -0.980. The Bertz CT molecular complexity index is 525. The summed E-state index contributed by atoms with van der Waals surface area (Å²) in [6.07, 6.45) is 2.67. The van der Waals surface area contributed by atoms with Crippen molar-refractivity contribution >= 4 is 18.1 Å². The lowest BCUT2D eigenvalue weighted by atomic mass is 10.1. The van der Waals surface area contributed by atoms with E-state index in [2.05, 4.69) is 0 Å². The van der Waals surface area contributed by atoms with Gasteiger partial charge < -0.3 is 14.9 Å². The predicted octanol–water partition coefficient (Wildman–Crippen LogP) is 1.65. The largest absolute Gasteiger partial charge is 0.478 e. The Morgan fingerprint density at radius 2 is 2.11 bits per heavy atom. The van der Waals surface area contributed by atoms with Crippen LogP contribution < -0.4 is 0 Å². The van der Waals surface area contributed by atoms with Crippen molar-refractivity contribution in [3.63, 3.8) is 0 Å². The number of nitrogens with zero attached hydrogens (tertiary/aromatic N) is 2. The van der Waals surface area contributed by atoms with E-state index in [4.69, 9.17) is 5.11 Å². The quantitative estimate of drug-likeness (QED) is 0.837. The van der Waals surface area contributed by atoms with Gasteiger partial charge in [0, 0.05) is 32.8 Å². The molecule has 5 nitrogen and oxygen atoms in total. The number of carbonyl (C=O) groups excluding carboxylic acids is 1. The van der Waals surface area contributed by atoms with Crippen molar-refractivity contribution < 1.29 is 14.7 Å². The predicted molar refractivity (Wildman–Crippen MR) is 71.5 cm³/mol. The molecule has 0 spiro atoms. The van der Waals surface area contributed by atoms with E-state index in [1.807, 2.05) is 24.3 Å². The lowest BCUT2D eigenvalue weighted by Gasteiger charge is -2.17. The third-order valence-corrected chi connectivity index (χ3v) is 3.12. The molecule has 1 fully saturated rings. The lowest BCUT2D eigenvalue weighted by molar-refractivity contribution is -0.131. The van der Waals surface area contributed by atoms with Crippen LogP contribution in [-0.2, 0) is 11.3 Å². The highest BCUT2D eigenvalue weighted by molar-refractivity contribution is 5.85. The minimum atomic E-state index is -0.980. The fraction of sp³-hybridized carbons (Fsp3) is 0.286. The second-order valence-electron chi connectivity index (χ2n) is 4.50. The average molecular weight is 260 g/mol. The zero-order valence-electron chi connectivity index (χ0n) is 10.7. The molecule has 0 bridgehead atoms. The van der Waals surface area contributed by atoms with Gasteiger partial charge >= 0.3 is 12.0 Å². The van der Waals surface area contributed by atoms with Crippen molar-refractivity contribution in [2.45, 2.75) is 6.54 Å². The molecule has 0 saturated carbocycles. The summed E-state index contributed by atoms with van der Waals surface area (Å²) in [7, 11) is 1.78. The van der Waals surface area contributed by atoms with Gasteiger partial charge in [0.15, 0.2) is 0 Å². The Labute approximate surface area is 111 Å². The van der Waals surface area contributed by atoms with Gasteiger partial charge in [0.2, 0.25) is 0 Å². The van der Waals surface area contributed by atoms with Crippen LogP contribution >= 0.6 is 0 Å². The fourth-order valence-electron chi connectivity index (χ4n) is 2.06. The zero-order chi connectivity index (χ0) is 13.8. The van der Waals surface area contributed by atoms with Crippen LogP contribution in [0, 0.1) is 0 Å². The first-order chi connectivity index (χ1) is 9.08. The molecule has 1 aliphatic heterocycles. The van der Waals surface area contributed by atoms with Crippen LogP contribution in [-0.4, -0.2) is 47.0 Å². The second-order valence-corrected chi connectivity index (χ2v) is 4.50. The number of hydrogen-bond acceptors (Lipinski definition) is 2. The maximum Gasteiger partial charge on any atom is 0.328 e. The van der Waals surface area contributed by atoms with Crippen LogP contribution in [0.3, 0.4) is 0 Å². The lowest BCUT2D eigenvalue weighted by Crippen LogP contribution is -2.29. The highest BCUT2D eigenvalue weighted by Gasteiger charge is 2.25. The van der Waals surface area contributed by atoms with Crippen LogP contribution in [0.15, 0.2) is 30.3 Å². The topological polar surface area (TPSA) is 60.9 Å². The summed E-state index contributed by atoms with van der Waals surface area (Å²) in [6, 6.07) is 7.50. The van der Waals surface area contributed by atoms with Gasteiger partial charge in [-0.2, -0.15) is 0 Å². The van der Waals surface area contributed by atoms with E-state index in [1.165, 1.54) is 0 Å². The molecule has 1 heterocycles. The second kappa shape index (κ2) is 5.56. The molecule has 0 aromatic heterocycles. The molecule has 19 heavy (non-hydrogen) atoms. The Hall–Kier alpha value is -2.30. The first-order valence-electron chi connectivity index (χ1n) is 6.07. The average Bonchev–Trinajstić information content (AvgIpc) is 2.70. The molecule has 2 rings (SSSR count). The van der Waals surface area contributed by atoms with Crippen molar-refractivity contribution in [3.05, 3.63) is 41.5 Å². The Balaban J connectivity index is 2.16. The molecule has 1 saturated heterocycles. The zero-order valence-corrected chi connectivity index (χ0v) is 10.7. The van der Waals surface area contributed by atoms with Crippen LogP contribution in [0.1, 0.15) is 11.1 Å². The molecular formula is C14H16N2O3. The molecule has 2 amide bonds. The number of benzene rings is 1. The minimum Gasteiger partial charge on any atom is -0.478 e. The first-order valence-corrected chi connectivity index (χ1v) is 6.07. The van der Waals surface area contributed by atoms with Gasteiger partial charge in [-0.1, -0.05) is 24.3 Å². The summed E-state index contributed by atoms with van der Waals surface area (Å²) < 4.78 is 0. The maximum atomic E-state index is 11.8. The van der Waals surface area contributed by atoms with Crippen molar-refractivity contribution in [1.82, 2.24) is 9.80 Å². The van der Waals surface area contributed by atoms with Crippen molar-refractivity contribution in [2.75, 3.05) is 20.1 Å². The van der Waals surface area contributed by atoms with Crippen molar-refractivity contribution in [3.8, 4) is 0 Å². The third kappa shape index (κ3) is 3.13. The molecule has 1 aromatic rings. The summed E-state index contributed by atoms with van der Waals surface area (Å²) >= 11 is 0. The number of rotatable bonds is 4. The Morgan fingerprint density at radius 3 is 2.74 bits per heavy atom. The van der Waals surface area contributed by atoms with Gasteiger partial charge in [0.1, 0.15) is 0 Å². The highest BCUT2D eigenvalue weighted by atomic mass is 16.4. The first kappa shape index (κ1) is 13.1. The van der Waals surface area contributed by atoms with Gasteiger partial charge in [0.25, 0.3) is 0 Å². The molecule has 1 aliphatic rings. The van der Waals surface area contributed by atoms with Gasteiger partial charge in [-0.3, -0.25) is 0 Å². The summed E-state index contributed by atoms with van der Waals surface area (Å²) in [6.45, 7) is 1.93. The molecule has 0 atom stereocenters. The number of amides is 2. The van der Waals surface area contributed by atoms with Crippen LogP contribution in [0.4, 0.5) is 4.79 Å².